The minimum absolute atomic E-state index is 0.102. The molecule has 0 aliphatic carbocycles. The molecule has 0 aliphatic rings. The van der Waals surface area contributed by atoms with Crippen molar-refractivity contribution < 1.29 is 17.9 Å². The number of nitrogen functional groups attached to an aromatic ring is 1. The third-order valence-corrected chi connectivity index (χ3v) is 3.15. The fourth-order valence-electron chi connectivity index (χ4n) is 2.12. The molecule has 0 atom stereocenters. The van der Waals surface area contributed by atoms with E-state index in [4.69, 9.17) is 10.5 Å². The van der Waals surface area contributed by atoms with Crippen LogP contribution in [0.3, 0.4) is 0 Å². The van der Waals surface area contributed by atoms with E-state index in [0.29, 0.717) is 22.3 Å². The summed E-state index contributed by atoms with van der Waals surface area (Å²) in [7, 11) is 0. The normalized spacial score (nSPS) is 10.9. The number of rotatable bonds is 2. The van der Waals surface area contributed by atoms with Crippen molar-refractivity contribution in [2.45, 2.75) is 20.0 Å². The Hall–Kier alpha value is -2.76. The molecule has 3 nitrogen and oxygen atoms in total. The lowest BCUT2D eigenvalue weighted by Crippen LogP contribution is -2.04. The monoisotopic (exact) mass is 334 g/mol. The number of hydrogen-bond acceptors (Lipinski definition) is 3. The molecular weight excluding hydrogens is 317 g/mol. The molecule has 1 heterocycles. The lowest BCUT2D eigenvalue weighted by Gasteiger charge is -2.12. The van der Waals surface area contributed by atoms with Gasteiger partial charge >= 0.3 is 6.18 Å². The summed E-state index contributed by atoms with van der Waals surface area (Å²) in [6.45, 7) is 4.00. The van der Waals surface area contributed by atoms with Crippen LogP contribution in [0.1, 0.15) is 19.4 Å². The van der Waals surface area contributed by atoms with Crippen molar-refractivity contribution in [2.24, 2.45) is 0 Å². The predicted molar refractivity (Wildman–Crippen MR) is 89.0 cm³/mol. The summed E-state index contributed by atoms with van der Waals surface area (Å²) in [5, 5.41) is 0.639. The Kier molecular flexibility index (Phi) is 5.28. The van der Waals surface area contributed by atoms with Gasteiger partial charge in [-0.3, -0.25) is 4.98 Å². The first-order valence-corrected chi connectivity index (χ1v) is 7.43. The third-order valence-electron chi connectivity index (χ3n) is 3.15. The lowest BCUT2D eigenvalue weighted by molar-refractivity contribution is -0.137. The molecule has 3 aromatic rings. The Balaban J connectivity index is 0.00000100. The molecule has 2 N–H and O–H groups in total. The number of fused-ring (bicyclic) bond motifs is 1. The Morgan fingerprint density at radius 1 is 1.00 bits per heavy atom. The van der Waals surface area contributed by atoms with Crippen LogP contribution in [-0.2, 0) is 6.18 Å². The number of nitrogens with two attached hydrogens (primary N) is 1. The summed E-state index contributed by atoms with van der Waals surface area (Å²) >= 11 is 0. The molecule has 24 heavy (non-hydrogen) atoms. The largest absolute Gasteiger partial charge is 0.457 e. The van der Waals surface area contributed by atoms with E-state index in [9.17, 15) is 13.2 Å². The molecule has 0 radical (unpaired) electrons. The first-order chi connectivity index (χ1) is 11.4. The number of hydrogen-bond donors (Lipinski definition) is 1. The van der Waals surface area contributed by atoms with Gasteiger partial charge in [-0.05, 0) is 42.5 Å². The highest BCUT2D eigenvalue weighted by Crippen LogP contribution is 2.35. The molecule has 2 aromatic carbocycles. The predicted octanol–water partition coefficient (Wildman–Crippen LogP) is 5.65. The fourth-order valence-corrected chi connectivity index (χ4v) is 2.12. The first kappa shape index (κ1) is 17.6. The lowest BCUT2D eigenvalue weighted by atomic mass is 10.1. The van der Waals surface area contributed by atoms with Gasteiger partial charge in [0.2, 0.25) is 0 Å². The Morgan fingerprint density at radius 3 is 2.46 bits per heavy atom. The van der Waals surface area contributed by atoms with E-state index < -0.39 is 11.7 Å². The van der Waals surface area contributed by atoms with Crippen molar-refractivity contribution in [3.05, 3.63) is 60.3 Å². The van der Waals surface area contributed by atoms with E-state index in [-0.39, 0.29) is 5.75 Å². The van der Waals surface area contributed by atoms with Crippen molar-refractivity contribution in [1.82, 2.24) is 4.98 Å². The van der Waals surface area contributed by atoms with Crippen LogP contribution in [0.25, 0.3) is 10.9 Å². The maximum atomic E-state index is 12.7. The van der Waals surface area contributed by atoms with Crippen LogP contribution in [0, 0.1) is 0 Å². The van der Waals surface area contributed by atoms with E-state index in [1.165, 1.54) is 12.1 Å². The van der Waals surface area contributed by atoms with Crippen molar-refractivity contribution in [2.75, 3.05) is 5.73 Å². The molecule has 0 saturated carbocycles. The Bertz CT molecular complexity index is 832. The van der Waals surface area contributed by atoms with Crippen molar-refractivity contribution in [3.63, 3.8) is 0 Å². The standard InChI is InChI=1S/C16H11F3N2O.C2H6/c17-16(18,19)10-3-1-4-11(9-10)22-14-7-6-13(20)15-12(14)5-2-8-21-15;1-2/h1-9H,20H2;1-2H3. The molecule has 0 bridgehead atoms. The fraction of sp³-hybridized carbons (Fsp3) is 0.167. The summed E-state index contributed by atoms with van der Waals surface area (Å²) < 4.78 is 43.8. The van der Waals surface area contributed by atoms with Crippen LogP contribution in [0.2, 0.25) is 0 Å². The highest BCUT2D eigenvalue weighted by molar-refractivity contribution is 5.93. The zero-order valence-electron chi connectivity index (χ0n) is 13.3. The van der Waals surface area contributed by atoms with E-state index in [1.807, 2.05) is 13.8 Å². The van der Waals surface area contributed by atoms with Gasteiger partial charge in [0, 0.05) is 11.6 Å². The molecule has 6 heteroatoms. The van der Waals surface area contributed by atoms with Crippen LogP contribution in [-0.4, -0.2) is 4.98 Å². The summed E-state index contributed by atoms with van der Waals surface area (Å²) in [6, 6.07) is 11.4. The summed E-state index contributed by atoms with van der Waals surface area (Å²) in [5.41, 5.74) is 6.10. The van der Waals surface area contributed by atoms with E-state index in [0.717, 1.165) is 12.1 Å². The van der Waals surface area contributed by atoms with Crippen LogP contribution >= 0.6 is 0 Å². The average molecular weight is 334 g/mol. The number of alkyl halides is 3. The maximum absolute atomic E-state index is 12.7. The highest BCUT2D eigenvalue weighted by Gasteiger charge is 2.30. The molecule has 1 aromatic heterocycles. The summed E-state index contributed by atoms with van der Waals surface area (Å²) in [4.78, 5) is 4.15. The quantitative estimate of drug-likeness (QED) is 0.616. The van der Waals surface area contributed by atoms with Crippen molar-refractivity contribution >= 4 is 16.6 Å². The summed E-state index contributed by atoms with van der Waals surface area (Å²) in [6.07, 6.45) is -2.82. The van der Waals surface area contributed by atoms with Crippen LogP contribution < -0.4 is 10.5 Å². The molecule has 0 unspecified atom stereocenters. The molecule has 126 valence electrons. The van der Waals surface area contributed by atoms with E-state index in [1.54, 1.807) is 30.5 Å². The second kappa shape index (κ2) is 7.21. The second-order valence-electron chi connectivity index (χ2n) is 4.68. The van der Waals surface area contributed by atoms with Gasteiger partial charge in [-0.25, -0.2) is 0 Å². The molecular formula is C18H17F3N2O. The molecule has 3 rings (SSSR count). The Morgan fingerprint density at radius 2 is 1.75 bits per heavy atom. The minimum atomic E-state index is -4.41. The van der Waals surface area contributed by atoms with Gasteiger partial charge in [-0.15, -0.1) is 0 Å². The van der Waals surface area contributed by atoms with Crippen LogP contribution in [0.15, 0.2) is 54.7 Å². The van der Waals surface area contributed by atoms with Gasteiger partial charge < -0.3 is 10.5 Å². The van der Waals surface area contributed by atoms with Gasteiger partial charge in [-0.1, -0.05) is 19.9 Å². The number of benzene rings is 2. The topological polar surface area (TPSA) is 48.1 Å². The smallest absolute Gasteiger partial charge is 0.416 e. The molecule has 0 aliphatic heterocycles. The molecule has 0 spiro atoms. The zero-order chi connectivity index (χ0) is 17.7. The van der Waals surface area contributed by atoms with Crippen LogP contribution in [0.5, 0.6) is 11.5 Å². The van der Waals surface area contributed by atoms with E-state index in [2.05, 4.69) is 4.98 Å². The molecule has 0 fully saturated rings. The minimum Gasteiger partial charge on any atom is -0.457 e. The van der Waals surface area contributed by atoms with E-state index >= 15 is 0 Å². The molecule has 0 saturated heterocycles. The Labute approximate surface area is 137 Å². The van der Waals surface area contributed by atoms with Crippen molar-refractivity contribution in [3.8, 4) is 11.5 Å². The number of ether oxygens (including phenoxy) is 1. The number of nitrogens with zero attached hydrogens (tertiary/aromatic N) is 1. The maximum Gasteiger partial charge on any atom is 0.416 e. The number of aromatic nitrogens is 1. The van der Waals surface area contributed by atoms with Gasteiger partial charge in [0.25, 0.3) is 0 Å². The number of pyridine rings is 1. The van der Waals surface area contributed by atoms with Gasteiger partial charge in [0.05, 0.1) is 16.8 Å². The van der Waals surface area contributed by atoms with Gasteiger partial charge in [0.1, 0.15) is 11.5 Å². The van der Waals surface area contributed by atoms with Gasteiger partial charge in [0.15, 0.2) is 0 Å². The number of anilines is 1. The van der Waals surface area contributed by atoms with Crippen molar-refractivity contribution in [1.29, 1.82) is 0 Å². The highest BCUT2D eigenvalue weighted by atomic mass is 19.4. The van der Waals surface area contributed by atoms with Gasteiger partial charge in [-0.2, -0.15) is 13.2 Å². The molecule has 0 amide bonds. The zero-order valence-corrected chi connectivity index (χ0v) is 13.3. The van der Waals surface area contributed by atoms with Crippen LogP contribution in [0.4, 0.5) is 18.9 Å². The second-order valence-corrected chi connectivity index (χ2v) is 4.68. The average Bonchev–Trinajstić information content (AvgIpc) is 2.59. The SMILES string of the molecule is CC.Nc1ccc(Oc2cccc(C(F)(F)F)c2)c2cccnc12. The first-order valence-electron chi connectivity index (χ1n) is 7.43. The third kappa shape index (κ3) is 3.76. The number of halogens is 3. The summed E-state index contributed by atoms with van der Waals surface area (Å²) in [5.74, 6) is 0.501.